The summed E-state index contributed by atoms with van der Waals surface area (Å²) in [4.78, 5) is 11.1. The van der Waals surface area contributed by atoms with E-state index in [1.165, 1.54) is 0 Å². The minimum absolute atomic E-state index is 0.0556. The Labute approximate surface area is 92.7 Å². The van der Waals surface area contributed by atoms with Gasteiger partial charge in [-0.3, -0.25) is 5.41 Å². The molecule has 0 aliphatic carbocycles. The Balaban J connectivity index is 2.40. The van der Waals surface area contributed by atoms with Gasteiger partial charge in [-0.2, -0.15) is 0 Å². The van der Waals surface area contributed by atoms with Crippen LogP contribution in [-0.4, -0.2) is 25.4 Å². The molecule has 1 unspecified atom stereocenters. The molecule has 0 saturated carbocycles. The molecular weight excluding hydrogens is 208 g/mol. The van der Waals surface area contributed by atoms with Crippen LogP contribution >= 0.6 is 0 Å². The molecule has 1 heterocycles. The summed E-state index contributed by atoms with van der Waals surface area (Å²) in [5, 5.41) is 7.60. The van der Waals surface area contributed by atoms with Crippen LogP contribution in [0.1, 0.15) is 11.5 Å². The SMILES string of the molecule is COc1ccc(N)c(C2COC(=O)C2=N)c1. The molecule has 0 radical (unpaired) electrons. The zero-order valence-electron chi connectivity index (χ0n) is 8.82. The van der Waals surface area contributed by atoms with E-state index < -0.39 is 5.97 Å². The molecule has 1 fully saturated rings. The highest BCUT2D eigenvalue weighted by molar-refractivity contribution is 6.39. The standard InChI is InChI=1S/C11H12N2O3/c1-15-6-2-3-9(12)7(4-6)8-5-16-11(14)10(8)13/h2-4,8,13H,5,12H2,1H3. The van der Waals surface area contributed by atoms with Gasteiger partial charge >= 0.3 is 5.97 Å². The lowest BCUT2D eigenvalue weighted by Crippen LogP contribution is -2.13. The highest BCUT2D eigenvalue weighted by atomic mass is 16.5. The van der Waals surface area contributed by atoms with Crippen molar-refractivity contribution in [2.24, 2.45) is 0 Å². The van der Waals surface area contributed by atoms with Gasteiger partial charge in [0.15, 0.2) is 0 Å². The number of rotatable bonds is 2. The van der Waals surface area contributed by atoms with Crippen molar-refractivity contribution in [2.75, 3.05) is 19.5 Å². The molecule has 0 aromatic heterocycles. The van der Waals surface area contributed by atoms with Gasteiger partial charge in [0.2, 0.25) is 0 Å². The second-order valence-electron chi connectivity index (χ2n) is 3.56. The minimum Gasteiger partial charge on any atom is -0.497 e. The third-order valence-corrected chi connectivity index (χ3v) is 2.62. The highest BCUT2D eigenvalue weighted by Gasteiger charge is 2.33. The third-order valence-electron chi connectivity index (χ3n) is 2.62. The number of carbonyl (C=O) groups excluding carboxylic acids is 1. The fourth-order valence-corrected chi connectivity index (χ4v) is 1.69. The largest absolute Gasteiger partial charge is 0.497 e. The number of hydrogen-bond acceptors (Lipinski definition) is 5. The molecule has 0 amide bonds. The lowest BCUT2D eigenvalue weighted by atomic mass is 9.95. The predicted molar refractivity (Wildman–Crippen MR) is 58.8 cm³/mol. The van der Waals surface area contributed by atoms with Crippen LogP contribution in [0.15, 0.2) is 18.2 Å². The molecule has 1 aliphatic rings. The van der Waals surface area contributed by atoms with Crippen molar-refractivity contribution in [3.05, 3.63) is 23.8 Å². The summed E-state index contributed by atoms with van der Waals surface area (Å²) in [6, 6.07) is 5.17. The van der Waals surface area contributed by atoms with E-state index in [0.29, 0.717) is 17.0 Å². The van der Waals surface area contributed by atoms with E-state index in [4.69, 9.17) is 20.6 Å². The number of nitrogens with one attached hydrogen (secondary N) is 1. The summed E-state index contributed by atoms with van der Waals surface area (Å²) in [5.41, 5.74) is 7.00. The zero-order chi connectivity index (χ0) is 11.7. The Kier molecular flexibility index (Phi) is 2.52. The van der Waals surface area contributed by atoms with Crippen LogP contribution in [0.3, 0.4) is 0 Å². The minimum atomic E-state index is -0.577. The average molecular weight is 220 g/mol. The van der Waals surface area contributed by atoms with Crippen molar-refractivity contribution in [3.8, 4) is 5.75 Å². The van der Waals surface area contributed by atoms with E-state index in [-0.39, 0.29) is 18.2 Å². The number of carbonyl (C=O) groups is 1. The monoisotopic (exact) mass is 220 g/mol. The lowest BCUT2D eigenvalue weighted by Gasteiger charge is -2.11. The van der Waals surface area contributed by atoms with Crippen LogP contribution in [0.4, 0.5) is 5.69 Å². The molecule has 1 aromatic rings. The Morgan fingerprint density at radius 3 is 2.88 bits per heavy atom. The van der Waals surface area contributed by atoms with E-state index >= 15 is 0 Å². The summed E-state index contributed by atoms with van der Waals surface area (Å²) >= 11 is 0. The van der Waals surface area contributed by atoms with Crippen molar-refractivity contribution >= 4 is 17.4 Å². The van der Waals surface area contributed by atoms with Crippen molar-refractivity contribution < 1.29 is 14.3 Å². The fourth-order valence-electron chi connectivity index (χ4n) is 1.69. The topological polar surface area (TPSA) is 85.4 Å². The molecule has 1 atom stereocenters. The quantitative estimate of drug-likeness (QED) is 0.573. The molecule has 0 spiro atoms. The van der Waals surface area contributed by atoms with Crippen LogP contribution in [0.2, 0.25) is 0 Å². The molecule has 1 saturated heterocycles. The van der Waals surface area contributed by atoms with Crippen LogP contribution in [0.25, 0.3) is 0 Å². The molecule has 2 rings (SSSR count). The average Bonchev–Trinajstić information content (AvgIpc) is 2.61. The number of methoxy groups -OCH3 is 1. The molecule has 16 heavy (non-hydrogen) atoms. The second kappa shape index (κ2) is 3.84. The molecule has 0 bridgehead atoms. The summed E-state index contributed by atoms with van der Waals surface area (Å²) < 4.78 is 9.88. The molecule has 5 nitrogen and oxygen atoms in total. The van der Waals surface area contributed by atoms with Gasteiger partial charge in [-0.1, -0.05) is 0 Å². The molecule has 84 valence electrons. The van der Waals surface area contributed by atoms with E-state index in [1.54, 1.807) is 25.3 Å². The molecule has 1 aromatic carbocycles. The molecular formula is C11H12N2O3. The molecule has 1 aliphatic heterocycles. The van der Waals surface area contributed by atoms with E-state index in [9.17, 15) is 4.79 Å². The Bertz CT molecular complexity index is 457. The summed E-state index contributed by atoms with van der Waals surface area (Å²) in [6.07, 6.45) is 0. The number of nitrogen functional groups attached to an aromatic ring is 1. The van der Waals surface area contributed by atoms with Crippen LogP contribution < -0.4 is 10.5 Å². The number of anilines is 1. The number of esters is 1. The number of ether oxygens (including phenoxy) is 2. The van der Waals surface area contributed by atoms with E-state index in [0.717, 1.165) is 0 Å². The number of hydrogen-bond donors (Lipinski definition) is 2. The first kappa shape index (κ1) is 10.5. The van der Waals surface area contributed by atoms with Crippen molar-refractivity contribution in [2.45, 2.75) is 5.92 Å². The van der Waals surface area contributed by atoms with Gasteiger partial charge in [0.05, 0.1) is 13.0 Å². The van der Waals surface area contributed by atoms with Gasteiger partial charge < -0.3 is 15.2 Å². The van der Waals surface area contributed by atoms with Crippen molar-refractivity contribution in [1.82, 2.24) is 0 Å². The molecule has 3 N–H and O–H groups in total. The normalized spacial score (nSPS) is 19.7. The zero-order valence-corrected chi connectivity index (χ0v) is 8.82. The Morgan fingerprint density at radius 1 is 1.56 bits per heavy atom. The first-order chi connectivity index (χ1) is 7.63. The summed E-state index contributed by atoms with van der Waals surface area (Å²) in [5.74, 6) is -0.314. The van der Waals surface area contributed by atoms with Crippen LogP contribution in [-0.2, 0) is 9.53 Å². The van der Waals surface area contributed by atoms with Gasteiger partial charge in [0.1, 0.15) is 18.1 Å². The number of nitrogens with two attached hydrogens (primary N) is 1. The van der Waals surface area contributed by atoms with Gasteiger partial charge in [0, 0.05) is 5.69 Å². The predicted octanol–water partition coefficient (Wildman–Crippen LogP) is 0.938. The number of cyclic esters (lactones) is 1. The van der Waals surface area contributed by atoms with Gasteiger partial charge in [-0.25, -0.2) is 4.79 Å². The maximum atomic E-state index is 11.1. The highest BCUT2D eigenvalue weighted by Crippen LogP contribution is 2.30. The van der Waals surface area contributed by atoms with E-state index in [2.05, 4.69) is 0 Å². The first-order valence-corrected chi connectivity index (χ1v) is 4.82. The third kappa shape index (κ3) is 1.60. The smallest absolute Gasteiger partial charge is 0.352 e. The van der Waals surface area contributed by atoms with Crippen LogP contribution in [0, 0.1) is 5.41 Å². The summed E-state index contributed by atoms with van der Waals surface area (Å²) in [6.45, 7) is 0.176. The Morgan fingerprint density at radius 2 is 2.31 bits per heavy atom. The van der Waals surface area contributed by atoms with Crippen LogP contribution in [0.5, 0.6) is 5.75 Å². The van der Waals surface area contributed by atoms with Gasteiger partial charge in [0.25, 0.3) is 0 Å². The number of benzene rings is 1. The second-order valence-corrected chi connectivity index (χ2v) is 3.56. The Hall–Kier alpha value is -2.04. The lowest BCUT2D eigenvalue weighted by molar-refractivity contribution is -0.132. The van der Waals surface area contributed by atoms with Crippen molar-refractivity contribution in [1.29, 1.82) is 5.41 Å². The first-order valence-electron chi connectivity index (χ1n) is 4.82. The van der Waals surface area contributed by atoms with Gasteiger partial charge in [-0.05, 0) is 23.8 Å². The van der Waals surface area contributed by atoms with E-state index in [1.807, 2.05) is 0 Å². The maximum Gasteiger partial charge on any atom is 0.352 e. The fraction of sp³-hybridized carbons (Fsp3) is 0.273. The van der Waals surface area contributed by atoms with Gasteiger partial charge in [-0.15, -0.1) is 0 Å². The maximum absolute atomic E-state index is 11.1. The summed E-state index contributed by atoms with van der Waals surface area (Å²) in [7, 11) is 1.55. The molecule has 5 heteroatoms. The van der Waals surface area contributed by atoms with Crippen molar-refractivity contribution in [3.63, 3.8) is 0 Å².